The highest BCUT2D eigenvalue weighted by atomic mass is 19.2. The van der Waals surface area contributed by atoms with Gasteiger partial charge in [-0.1, -0.05) is 5.92 Å². The second kappa shape index (κ2) is 8.50. The summed E-state index contributed by atoms with van der Waals surface area (Å²) in [5.74, 6) is 1.50. The van der Waals surface area contributed by atoms with Crippen LogP contribution in [0.5, 0.6) is 0 Å². The number of hydrogen-bond acceptors (Lipinski definition) is 3. The normalized spacial score (nSPS) is 21.6. The van der Waals surface area contributed by atoms with Crippen LogP contribution in [0.4, 0.5) is 14.5 Å². The molecule has 0 unspecified atom stereocenters. The second-order valence-electron chi connectivity index (χ2n) is 7.20. The lowest BCUT2D eigenvalue weighted by molar-refractivity contribution is -0.126. The van der Waals surface area contributed by atoms with Gasteiger partial charge in [-0.2, -0.15) is 0 Å². The van der Waals surface area contributed by atoms with Crippen LogP contribution in [0.3, 0.4) is 0 Å². The topological polar surface area (TPSA) is 35.6 Å². The summed E-state index contributed by atoms with van der Waals surface area (Å²) in [7, 11) is 0. The predicted octanol–water partition coefficient (Wildman–Crippen LogP) is 2.25. The molecule has 0 radical (unpaired) electrons. The number of nitrogens with one attached hydrogen (secondary N) is 1. The average Bonchev–Trinajstić information content (AvgIpc) is 3.12. The zero-order valence-electron chi connectivity index (χ0n) is 14.9. The summed E-state index contributed by atoms with van der Waals surface area (Å²) in [5, 5.41) is 3.08. The molecule has 2 fully saturated rings. The van der Waals surface area contributed by atoms with Gasteiger partial charge in [-0.15, -0.1) is 6.42 Å². The van der Waals surface area contributed by atoms with Gasteiger partial charge in [0.2, 0.25) is 5.91 Å². The van der Waals surface area contributed by atoms with E-state index in [9.17, 15) is 13.6 Å². The molecule has 0 aromatic heterocycles. The van der Waals surface area contributed by atoms with E-state index < -0.39 is 11.6 Å². The number of benzene rings is 1. The van der Waals surface area contributed by atoms with Crippen molar-refractivity contribution in [2.75, 3.05) is 44.2 Å². The Bertz CT molecular complexity index is 680. The van der Waals surface area contributed by atoms with Crippen LogP contribution in [-0.2, 0) is 4.79 Å². The summed E-state index contributed by atoms with van der Waals surface area (Å²) < 4.78 is 26.5. The summed E-state index contributed by atoms with van der Waals surface area (Å²) in [5.41, 5.74) is 0.693. The van der Waals surface area contributed by atoms with Crippen LogP contribution in [0.25, 0.3) is 0 Å². The van der Waals surface area contributed by atoms with Crippen molar-refractivity contribution in [1.29, 1.82) is 0 Å². The summed E-state index contributed by atoms with van der Waals surface area (Å²) in [6, 6.07) is 4.00. The van der Waals surface area contributed by atoms with Gasteiger partial charge in [-0.3, -0.25) is 9.69 Å². The minimum Gasteiger partial charge on any atom is -0.371 e. The number of nitrogens with zero attached hydrogens (tertiary/aromatic N) is 2. The fourth-order valence-electron chi connectivity index (χ4n) is 3.79. The van der Waals surface area contributed by atoms with Crippen molar-refractivity contribution in [3.8, 4) is 12.3 Å². The number of piperidine rings is 1. The van der Waals surface area contributed by atoms with Crippen molar-refractivity contribution in [2.24, 2.45) is 11.8 Å². The Hall–Kier alpha value is -2.13. The second-order valence-corrected chi connectivity index (χ2v) is 7.20. The van der Waals surface area contributed by atoms with Gasteiger partial charge in [-0.25, -0.2) is 8.78 Å². The lowest BCUT2D eigenvalue weighted by atomic mass is 9.95. The Balaban J connectivity index is 1.42. The lowest BCUT2D eigenvalue weighted by Crippen LogP contribution is -2.42. The molecule has 0 spiro atoms. The van der Waals surface area contributed by atoms with Gasteiger partial charge < -0.3 is 10.2 Å². The number of hydrogen-bond donors (Lipinski definition) is 1. The molecule has 3 rings (SSSR count). The summed E-state index contributed by atoms with van der Waals surface area (Å²) in [4.78, 5) is 16.6. The van der Waals surface area contributed by atoms with Crippen molar-refractivity contribution >= 4 is 11.6 Å². The Kier molecular flexibility index (Phi) is 6.10. The van der Waals surface area contributed by atoms with Crippen LogP contribution >= 0.6 is 0 Å². The molecule has 2 aliphatic rings. The maximum atomic E-state index is 13.4. The molecule has 0 aliphatic carbocycles. The number of amides is 1. The molecule has 1 amide bonds. The van der Waals surface area contributed by atoms with Gasteiger partial charge in [0.15, 0.2) is 11.6 Å². The average molecular weight is 361 g/mol. The van der Waals surface area contributed by atoms with Crippen molar-refractivity contribution in [1.82, 2.24) is 10.2 Å². The summed E-state index contributed by atoms with van der Waals surface area (Å²) >= 11 is 0. The first-order valence-electron chi connectivity index (χ1n) is 9.20. The number of halogens is 2. The Morgan fingerprint density at radius 1 is 1.19 bits per heavy atom. The fourth-order valence-corrected chi connectivity index (χ4v) is 3.79. The number of terminal acetylenes is 1. The summed E-state index contributed by atoms with van der Waals surface area (Å²) in [6.45, 7) is 4.55. The molecule has 140 valence electrons. The molecule has 26 heavy (non-hydrogen) atoms. The van der Waals surface area contributed by atoms with Crippen LogP contribution in [-0.4, -0.2) is 50.1 Å². The quantitative estimate of drug-likeness (QED) is 0.817. The minimum absolute atomic E-state index is 0.0627. The highest BCUT2D eigenvalue weighted by Crippen LogP contribution is 2.25. The van der Waals surface area contributed by atoms with E-state index in [0.717, 1.165) is 51.5 Å². The first-order valence-corrected chi connectivity index (χ1v) is 9.20. The van der Waals surface area contributed by atoms with Crippen molar-refractivity contribution in [2.45, 2.75) is 19.3 Å². The van der Waals surface area contributed by atoms with Crippen molar-refractivity contribution in [3.63, 3.8) is 0 Å². The molecule has 6 heteroatoms. The Labute approximate surface area is 153 Å². The zero-order valence-corrected chi connectivity index (χ0v) is 14.9. The smallest absolute Gasteiger partial charge is 0.223 e. The number of likely N-dealkylation sites (tertiary alicyclic amines) is 1. The predicted molar refractivity (Wildman–Crippen MR) is 97.7 cm³/mol. The molecule has 1 atom stereocenters. The summed E-state index contributed by atoms with van der Waals surface area (Å²) in [6.07, 6.45) is 7.95. The van der Waals surface area contributed by atoms with Crippen LogP contribution in [0, 0.1) is 35.8 Å². The van der Waals surface area contributed by atoms with E-state index in [2.05, 4.69) is 16.1 Å². The van der Waals surface area contributed by atoms with Crippen LogP contribution in [0.2, 0.25) is 0 Å². The lowest BCUT2D eigenvalue weighted by Gasteiger charge is -2.30. The van der Waals surface area contributed by atoms with Gasteiger partial charge in [-0.05, 0) is 50.4 Å². The monoisotopic (exact) mass is 361 g/mol. The minimum atomic E-state index is -0.829. The molecule has 2 saturated heterocycles. The van der Waals surface area contributed by atoms with Crippen molar-refractivity contribution in [3.05, 3.63) is 29.8 Å². The molecule has 0 saturated carbocycles. The van der Waals surface area contributed by atoms with Crippen LogP contribution in [0.1, 0.15) is 19.3 Å². The molecule has 2 aliphatic heterocycles. The van der Waals surface area contributed by atoms with Crippen LogP contribution < -0.4 is 10.2 Å². The molecule has 2 heterocycles. The number of rotatable bonds is 5. The van der Waals surface area contributed by atoms with E-state index in [1.165, 1.54) is 6.07 Å². The molecular formula is C20H25F2N3O. The third-order valence-corrected chi connectivity index (χ3v) is 5.39. The molecule has 4 nitrogen and oxygen atoms in total. The van der Waals surface area contributed by atoms with Gasteiger partial charge in [0.25, 0.3) is 0 Å². The van der Waals surface area contributed by atoms with E-state index in [0.29, 0.717) is 24.7 Å². The van der Waals surface area contributed by atoms with Crippen molar-refractivity contribution < 1.29 is 13.6 Å². The number of anilines is 1. The van der Waals surface area contributed by atoms with E-state index in [1.54, 1.807) is 6.07 Å². The first-order chi connectivity index (χ1) is 12.6. The highest BCUT2D eigenvalue weighted by molar-refractivity contribution is 5.78. The number of carbonyl (C=O) groups is 1. The first kappa shape index (κ1) is 18.7. The highest BCUT2D eigenvalue weighted by Gasteiger charge is 2.27. The van der Waals surface area contributed by atoms with Gasteiger partial charge in [0, 0.05) is 37.3 Å². The third kappa shape index (κ3) is 4.53. The molecule has 1 aromatic rings. The molecule has 0 bridgehead atoms. The van der Waals surface area contributed by atoms with E-state index in [-0.39, 0.29) is 11.8 Å². The van der Waals surface area contributed by atoms with E-state index in [4.69, 9.17) is 6.42 Å². The van der Waals surface area contributed by atoms with Gasteiger partial charge >= 0.3 is 0 Å². The van der Waals surface area contributed by atoms with Gasteiger partial charge in [0.1, 0.15) is 0 Å². The van der Waals surface area contributed by atoms with Crippen LogP contribution in [0.15, 0.2) is 18.2 Å². The molecule has 1 N–H and O–H groups in total. The molecule has 1 aromatic carbocycles. The Morgan fingerprint density at radius 3 is 2.65 bits per heavy atom. The number of carbonyl (C=O) groups excluding carboxylic acids is 1. The Morgan fingerprint density at radius 2 is 1.96 bits per heavy atom. The SMILES string of the molecule is C#CCN1CCC(C(=O)NC[C@@H]2CCN(c3ccc(F)c(F)c3)C2)CC1. The molecular weight excluding hydrogens is 336 g/mol. The maximum Gasteiger partial charge on any atom is 0.223 e. The largest absolute Gasteiger partial charge is 0.371 e. The van der Waals surface area contributed by atoms with E-state index >= 15 is 0 Å². The fraction of sp³-hybridized carbons (Fsp3) is 0.550. The maximum absolute atomic E-state index is 13.4. The standard InChI is InChI=1S/C20H25F2N3O/c1-2-8-24-9-6-16(7-10-24)20(26)23-13-15-5-11-25(14-15)17-3-4-18(21)19(22)12-17/h1,3-4,12,15-16H,5-11,13-14H2,(H,23,26)/t15-/m0/s1. The van der Waals surface area contributed by atoms with Gasteiger partial charge in [0.05, 0.1) is 6.54 Å². The third-order valence-electron chi connectivity index (χ3n) is 5.39. The van der Waals surface area contributed by atoms with E-state index in [1.807, 2.05) is 4.90 Å². The zero-order chi connectivity index (χ0) is 18.5.